The molecule has 0 radical (unpaired) electrons. The number of hydrogen-bond donors (Lipinski definition) is 1. The fourth-order valence-corrected chi connectivity index (χ4v) is 4.17. The summed E-state index contributed by atoms with van der Waals surface area (Å²) >= 11 is 0. The molecule has 1 saturated heterocycles. The third-order valence-electron chi connectivity index (χ3n) is 5.57. The van der Waals surface area contributed by atoms with E-state index in [0.717, 1.165) is 24.0 Å². The van der Waals surface area contributed by atoms with Crippen molar-refractivity contribution in [3.05, 3.63) is 47.5 Å². The molecule has 7 nitrogen and oxygen atoms in total. The van der Waals surface area contributed by atoms with Gasteiger partial charge in [-0.25, -0.2) is 0 Å². The second-order valence-corrected chi connectivity index (χ2v) is 7.23. The molecule has 162 valence electrons. The van der Waals surface area contributed by atoms with Gasteiger partial charge in [0, 0.05) is 0 Å². The van der Waals surface area contributed by atoms with Crippen LogP contribution in [0, 0.1) is 0 Å². The monoisotopic (exact) mass is 415 g/mol. The summed E-state index contributed by atoms with van der Waals surface area (Å²) in [6.07, 6.45) is 2.45. The minimum absolute atomic E-state index is 0.310. The van der Waals surface area contributed by atoms with Gasteiger partial charge in [-0.1, -0.05) is 18.6 Å². The molecule has 2 aromatic carbocycles. The molecule has 1 aliphatic heterocycles. The maximum Gasteiger partial charge on any atom is 0.320 e. The SMILES string of the molecule is COc1cccc(C(c2cc(OC)c(OC)c(OC)c2)N2CCCCC2C(=O)O)c1. The predicted molar refractivity (Wildman–Crippen MR) is 113 cm³/mol. The van der Waals surface area contributed by atoms with Crippen molar-refractivity contribution in [2.45, 2.75) is 31.3 Å². The van der Waals surface area contributed by atoms with E-state index in [4.69, 9.17) is 18.9 Å². The van der Waals surface area contributed by atoms with Crippen molar-refractivity contribution < 1.29 is 28.8 Å². The van der Waals surface area contributed by atoms with Gasteiger partial charge in [0.25, 0.3) is 0 Å². The van der Waals surface area contributed by atoms with Crippen molar-refractivity contribution in [1.82, 2.24) is 4.90 Å². The zero-order valence-corrected chi connectivity index (χ0v) is 17.9. The Kier molecular flexibility index (Phi) is 7.05. The number of nitrogens with zero attached hydrogens (tertiary/aromatic N) is 1. The number of carboxylic acids is 1. The van der Waals surface area contributed by atoms with Crippen molar-refractivity contribution >= 4 is 5.97 Å². The van der Waals surface area contributed by atoms with E-state index in [1.165, 1.54) is 0 Å². The Labute approximate surface area is 177 Å². The van der Waals surface area contributed by atoms with E-state index >= 15 is 0 Å². The molecule has 7 heteroatoms. The number of rotatable bonds is 8. The van der Waals surface area contributed by atoms with Gasteiger partial charge in [-0.15, -0.1) is 0 Å². The van der Waals surface area contributed by atoms with Crippen LogP contribution in [0.1, 0.15) is 36.4 Å². The van der Waals surface area contributed by atoms with Gasteiger partial charge in [-0.2, -0.15) is 0 Å². The van der Waals surface area contributed by atoms with Crippen molar-refractivity contribution in [3.63, 3.8) is 0 Å². The maximum absolute atomic E-state index is 12.1. The first-order valence-electron chi connectivity index (χ1n) is 9.96. The summed E-state index contributed by atoms with van der Waals surface area (Å²) in [4.78, 5) is 14.1. The van der Waals surface area contributed by atoms with Crippen LogP contribution in [0.2, 0.25) is 0 Å². The minimum Gasteiger partial charge on any atom is -0.497 e. The van der Waals surface area contributed by atoms with E-state index in [1.54, 1.807) is 28.4 Å². The number of hydrogen-bond acceptors (Lipinski definition) is 6. The first kappa shape index (κ1) is 21.8. The minimum atomic E-state index is -0.810. The first-order valence-corrected chi connectivity index (χ1v) is 9.96. The Morgan fingerprint density at radius 3 is 2.23 bits per heavy atom. The van der Waals surface area contributed by atoms with Gasteiger partial charge < -0.3 is 24.1 Å². The third-order valence-corrected chi connectivity index (χ3v) is 5.57. The molecule has 0 amide bonds. The zero-order chi connectivity index (χ0) is 21.7. The molecule has 2 unspecified atom stereocenters. The van der Waals surface area contributed by atoms with Crippen LogP contribution < -0.4 is 18.9 Å². The molecule has 30 heavy (non-hydrogen) atoms. The molecule has 2 atom stereocenters. The molecular weight excluding hydrogens is 386 g/mol. The topological polar surface area (TPSA) is 77.5 Å². The van der Waals surface area contributed by atoms with Gasteiger partial charge in [0.05, 0.1) is 34.5 Å². The molecule has 0 aromatic heterocycles. The molecule has 0 spiro atoms. The smallest absolute Gasteiger partial charge is 0.320 e. The zero-order valence-electron chi connectivity index (χ0n) is 17.9. The summed E-state index contributed by atoms with van der Waals surface area (Å²) in [7, 11) is 6.32. The summed E-state index contributed by atoms with van der Waals surface area (Å²) in [5.41, 5.74) is 1.81. The normalized spacial score (nSPS) is 17.8. The molecule has 1 aliphatic rings. The molecule has 0 saturated carbocycles. The van der Waals surface area contributed by atoms with Crippen molar-refractivity contribution in [2.75, 3.05) is 35.0 Å². The summed E-state index contributed by atoms with van der Waals surface area (Å²) in [5, 5.41) is 9.90. The Morgan fingerprint density at radius 2 is 1.67 bits per heavy atom. The number of benzene rings is 2. The van der Waals surface area contributed by atoms with E-state index in [1.807, 2.05) is 41.3 Å². The van der Waals surface area contributed by atoms with Crippen LogP contribution in [0.25, 0.3) is 0 Å². The largest absolute Gasteiger partial charge is 0.497 e. The van der Waals surface area contributed by atoms with Crippen molar-refractivity contribution in [3.8, 4) is 23.0 Å². The lowest BCUT2D eigenvalue weighted by Crippen LogP contribution is -2.46. The molecule has 1 fully saturated rings. The quantitative estimate of drug-likeness (QED) is 0.704. The molecule has 1 heterocycles. The van der Waals surface area contributed by atoms with E-state index in [-0.39, 0.29) is 6.04 Å². The number of likely N-dealkylation sites (tertiary alicyclic amines) is 1. The molecule has 2 aromatic rings. The van der Waals surface area contributed by atoms with Crippen LogP contribution in [-0.4, -0.2) is 57.0 Å². The molecule has 0 bridgehead atoms. The first-order chi connectivity index (χ1) is 14.5. The van der Waals surface area contributed by atoms with Crippen LogP contribution in [-0.2, 0) is 4.79 Å². The highest BCUT2D eigenvalue weighted by molar-refractivity contribution is 5.74. The van der Waals surface area contributed by atoms with Crippen molar-refractivity contribution in [1.29, 1.82) is 0 Å². The van der Waals surface area contributed by atoms with E-state index < -0.39 is 12.0 Å². The number of aliphatic carboxylic acids is 1. The molecule has 0 aliphatic carbocycles. The highest BCUT2D eigenvalue weighted by atomic mass is 16.5. The number of methoxy groups -OCH3 is 4. The van der Waals surface area contributed by atoms with E-state index in [9.17, 15) is 9.90 Å². The van der Waals surface area contributed by atoms with E-state index in [0.29, 0.717) is 36.0 Å². The summed E-state index contributed by atoms with van der Waals surface area (Å²) < 4.78 is 22.0. The second kappa shape index (κ2) is 9.71. The summed E-state index contributed by atoms with van der Waals surface area (Å²) in [6, 6.07) is 10.6. The van der Waals surface area contributed by atoms with Crippen LogP contribution in [0.3, 0.4) is 0 Å². The molecular formula is C23H29NO6. The highest BCUT2D eigenvalue weighted by Crippen LogP contribution is 2.43. The van der Waals surface area contributed by atoms with Gasteiger partial charge in [0.1, 0.15) is 11.8 Å². The fourth-order valence-electron chi connectivity index (χ4n) is 4.17. The van der Waals surface area contributed by atoms with Gasteiger partial charge in [0.15, 0.2) is 11.5 Å². The summed E-state index contributed by atoms with van der Waals surface area (Å²) in [5.74, 6) is 1.47. The molecule has 3 rings (SSSR count). The fraction of sp³-hybridized carbons (Fsp3) is 0.435. The van der Waals surface area contributed by atoms with Crippen molar-refractivity contribution in [2.24, 2.45) is 0 Å². The Morgan fingerprint density at radius 1 is 0.967 bits per heavy atom. The van der Waals surface area contributed by atoms with Gasteiger partial charge in [-0.3, -0.25) is 9.69 Å². The second-order valence-electron chi connectivity index (χ2n) is 7.23. The predicted octanol–water partition coefficient (Wildman–Crippen LogP) is 3.75. The van der Waals surface area contributed by atoms with Crippen LogP contribution >= 0.6 is 0 Å². The highest BCUT2D eigenvalue weighted by Gasteiger charge is 2.36. The lowest BCUT2D eigenvalue weighted by molar-refractivity contribution is -0.145. The van der Waals surface area contributed by atoms with E-state index in [2.05, 4.69) is 0 Å². The third kappa shape index (κ3) is 4.31. The standard InChI is InChI=1S/C23H29NO6/c1-27-17-9-7-8-15(12-17)21(24-11-6-5-10-18(24)23(25)26)16-13-19(28-2)22(30-4)20(14-16)29-3/h7-9,12-14,18,21H,5-6,10-11H2,1-4H3,(H,25,26). The van der Waals surface area contributed by atoms with Crippen LogP contribution in [0.5, 0.6) is 23.0 Å². The number of carbonyl (C=O) groups is 1. The Balaban J connectivity index is 2.20. The van der Waals surface area contributed by atoms with Crippen LogP contribution in [0.4, 0.5) is 0 Å². The van der Waals surface area contributed by atoms with Gasteiger partial charge >= 0.3 is 5.97 Å². The number of piperidine rings is 1. The lowest BCUT2D eigenvalue weighted by atomic mass is 9.91. The summed E-state index contributed by atoms with van der Waals surface area (Å²) in [6.45, 7) is 0.676. The maximum atomic E-state index is 12.1. The van der Waals surface area contributed by atoms with Gasteiger partial charge in [0.2, 0.25) is 5.75 Å². The average molecular weight is 415 g/mol. The Hall–Kier alpha value is -2.93. The Bertz CT molecular complexity index is 859. The van der Waals surface area contributed by atoms with Gasteiger partial charge in [-0.05, 0) is 54.8 Å². The molecule has 1 N–H and O–H groups in total. The van der Waals surface area contributed by atoms with Crippen LogP contribution in [0.15, 0.2) is 36.4 Å². The number of carboxylic acid groups (broad SMARTS) is 1. The average Bonchev–Trinajstić information content (AvgIpc) is 2.78. The number of ether oxygens (including phenoxy) is 4. The lowest BCUT2D eigenvalue weighted by Gasteiger charge is -2.40.